The standard InChI is InChI=1S/C4H14N4S/c1-3(5,6)9-4(2,7)8/h5-8H2,1-2H3. The molecule has 0 saturated heterocycles. The molecular weight excluding hydrogens is 136 g/mol. The Morgan fingerprint density at radius 3 is 1.11 bits per heavy atom. The van der Waals surface area contributed by atoms with Crippen LogP contribution in [0.3, 0.4) is 0 Å². The third-order valence-electron chi connectivity index (χ3n) is 0.440. The van der Waals surface area contributed by atoms with Crippen molar-refractivity contribution in [2.45, 2.75) is 23.8 Å². The molecule has 0 heterocycles. The van der Waals surface area contributed by atoms with Crippen molar-refractivity contribution < 1.29 is 0 Å². The predicted octanol–water partition coefficient (Wildman–Crippen LogP) is -1.10. The zero-order chi connectivity index (χ0) is 7.71. The third-order valence-corrected chi connectivity index (χ3v) is 1.32. The van der Waals surface area contributed by atoms with Gasteiger partial charge in [0.1, 0.15) is 9.99 Å². The van der Waals surface area contributed by atoms with Crippen molar-refractivity contribution in [3.05, 3.63) is 0 Å². The Kier molecular flexibility index (Phi) is 2.48. The van der Waals surface area contributed by atoms with Gasteiger partial charge in [0.15, 0.2) is 0 Å². The highest BCUT2D eigenvalue weighted by Crippen LogP contribution is 2.20. The Hall–Kier alpha value is 0.190. The van der Waals surface area contributed by atoms with Gasteiger partial charge in [0, 0.05) is 0 Å². The van der Waals surface area contributed by atoms with Crippen LogP contribution < -0.4 is 22.9 Å². The Morgan fingerprint density at radius 2 is 1.11 bits per heavy atom. The summed E-state index contributed by atoms with van der Waals surface area (Å²) in [7, 11) is 0. The van der Waals surface area contributed by atoms with Crippen LogP contribution in [-0.4, -0.2) is 9.99 Å². The molecule has 0 unspecified atom stereocenters. The van der Waals surface area contributed by atoms with Crippen molar-refractivity contribution in [3.8, 4) is 0 Å². The van der Waals surface area contributed by atoms with Gasteiger partial charge in [-0.3, -0.25) is 0 Å². The van der Waals surface area contributed by atoms with Gasteiger partial charge in [-0.25, -0.2) is 0 Å². The lowest BCUT2D eigenvalue weighted by molar-refractivity contribution is 0.658. The van der Waals surface area contributed by atoms with Gasteiger partial charge in [0.05, 0.1) is 0 Å². The van der Waals surface area contributed by atoms with Crippen LogP contribution in [0.4, 0.5) is 0 Å². The normalized spacial score (nSPS) is 14.0. The van der Waals surface area contributed by atoms with Crippen molar-refractivity contribution >= 4 is 11.8 Å². The summed E-state index contributed by atoms with van der Waals surface area (Å²) in [5.74, 6) is 0. The molecule has 0 rings (SSSR count). The molecule has 56 valence electrons. The Labute approximate surface area is 59.3 Å². The summed E-state index contributed by atoms with van der Waals surface area (Å²) in [6.07, 6.45) is 0. The molecule has 9 heavy (non-hydrogen) atoms. The van der Waals surface area contributed by atoms with Crippen molar-refractivity contribution in [3.63, 3.8) is 0 Å². The van der Waals surface area contributed by atoms with Crippen LogP contribution >= 0.6 is 11.8 Å². The number of hydrogen-bond donors (Lipinski definition) is 4. The van der Waals surface area contributed by atoms with Crippen molar-refractivity contribution in [1.82, 2.24) is 0 Å². The van der Waals surface area contributed by atoms with Crippen molar-refractivity contribution in [2.75, 3.05) is 0 Å². The van der Waals surface area contributed by atoms with Crippen LogP contribution in [0, 0.1) is 0 Å². The van der Waals surface area contributed by atoms with E-state index in [1.165, 1.54) is 0 Å². The molecule has 0 bridgehead atoms. The molecule has 0 aliphatic carbocycles. The molecule has 0 amide bonds. The molecule has 0 saturated carbocycles. The molecule has 0 fully saturated rings. The quantitative estimate of drug-likeness (QED) is 0.374. The minimum Gasteiger partial charge on any atom is -0.305 e. The summed E-state index contributed by atoms with van der Waals surface area (Å²) in [6, 6.07) is 0. The van der Waals surface area contributed by atoms with Crippen LogP contribution in [0.25, 0.3) is 0 Å². The first-order valence-electron chi connectivity index (χ1n) is 2.56. The zero-order valence-electron chi connectivity index (χ0n) is 5.72. The van der Waals surface area contributed by atoms with Gasteiger partial charge in [0.25, 0.3) is 0 Å². The average molecular weight is 150 g/mol. The molecular formula is C4H14N4S. The summed E-state index contributed by atoms with van der Waals surface area (Å²) >= 11 is 1.12. The third kappa shape index (κ3) is 8.19. The van der Waals surface area contributed by atoms with E-state index in [0.29, 0.717) is 0 Å². The van der Waals surface area contributed by atoms with Crippen LogP contribution in [-0.2, 0) is 0 Å². The predicted molar refractivity (Wildman–Crippen MR) is 41.2 cm³/mol. The molecule has 0 aliphatic heterocycles. The van der Waals surface area contributed by atoms with Crippen LogP contribution in [0.15, 0.2) is 0 Å². The highest BCUT2D eigenvalue weighted by atomic mass is 32.2. The van der Waals surface area contributed by atoms with E-state index >= 15 is 0 Å². The van der Waals surface area contributed by atoms with E-state index < -0.39 is 9.99 Å². The van der Waals surface area contributed by atoms with Gasteiger partial charge in [-0.1, -0.05) is 11.8 Å². The van der Waals surface area contributed by atoms with E-state index in [0.717, 1.165) is 11.8 Å². The highest BCUT2D eigenvalue weighted by Gasteiger charge is 2.22. The molecule has 0 atom stereocenters. The topological polar surface area (TPSA) is 104 Å². The summed E-state index contributed by atoms with van der Waals surface area (Å²) < 4.78 is 0. The minimum atomic E-state index is -0.849. The largest absolute Gasteiger partial charge is 0.305 e. The Balaban J connectivity index is 3.75. The van der Waals surface area contributed by atoms with Gasteiger partial charge in [-0.15, -0.1) is 0 Å². The number of rotatable bonds is 2. The van der Waals surface area contributed by atoms with Crippen LogP contribution in [0.1, 0.15) is 13.8 Å². The van der Waals surface area contributed by atoms with Gasteiger partial charge < -0.3 is 22.9 Å². The maximum Gasteiger partial charge on any atom is 0.112 e. The van der Waals surface area contributed by atoms with E-state index in [1.54, 1.807) is 13.8 Å². The fraction of sp³-hybridized carbons (Fsp3) is 1.00. The van der Waals surface area contributed by atoms with Gasteiger partial charge in [-0.05, 0) is 13.8 Å². The molecule has 8 N–H and O–H groups in total. The zero-order valence-corrected chi connectivity index (χ0v) is 6.53. The first kappa shape index (κ1) is 9.19. The molecule has 0 aromatic rings. The average Bonchev–Trinajstić information content (AvgIpc) is 1.14. The number of hydrogen-bond acceptors (Lipinski definition) is 5. The molecule has 0 spiro atoms. The summed E-state index contributed by atoms with van der Waals surface area (Å²) in [4.78, 5) is -1.70. The molecule has 0 radical (unpaired) electrons. The molecule has 0 aliphatic rings. The van der Waals surface area contributed by atoms with Crippen LogP contribution in [0.2, 0.25) is 0 Å². The maximum absolute atomic E-state index is 5.40. The van der Waals surface area contributed by atoms with Gasteiger partial charge in [0.2, 0.25) is 0 Å². The molecule has 5 heteroatoms. The first-order chi connectivity index (χ1) is 3.71. The van der Waals surface area contributed by atoms with Crippen LogP contribution in [0.5, 0.6) is 0 Å². The number of thioether (sulfide) groups is 1. The van der Waals surface area contributed by atoms with E-state index in [-0.39, 0.29) is 0 Å². The Bertz CT molecular complexity index is 77.7. The fourth-order valence-corrected chi connectivity index (χ4v) is 1.42. The molecule has 4 nitrogen and oxygen atoms in total. The fourth-order valence-electron chi connectivity index (χ4n) is 0.474. The Morgan fingerprint density at radius 1 is 0.889 bits per heavy atom. The smallest absolute Gasteiger partial charge is 0.112 e. The molecule has 0 aromatic heterocycles. The van der Waals surface area contributed by atoms with Crippen molar-refractivity contribution in [1.29, 1.82) is 0 Å². The second-order valence-corrected chi connectivity index (χ2v) is 4.43. The van der Waals surface area contributed by atoms with E-state index in [1.807, 2.05) is 0 Å². The number of nitrogens with two attached hydrogens (primary N) is 4. The lowest BCUT2D eigenvalue weighted by Gasteiger charge is -2.27. The SMILES string of the molecule is CC(N)(N)SC(C)(N)N. The van der Waals surface area contributed by atoms with E-state index in [9.17, 15) is 0 Å². The van der Waals surface area contributed by atoms with E-state index in [2.05, 4.69) is 0 Å². The second kappa shape index (κ2) is 2.43. The summed E-state index contributed by atoms with van der Waals surface area (Å²) in [5.41, 5.74) is 21.6. The van der Waals surface area contributed by atoms with Crippen molar-refractivity contribution in [2.24, 2.45) is 22.9 Å². The van der Waals surface area contributed by atoms with E-state index in [4.69, 9.17) is 22.9 Å². The molecule has 0 aromatic carbocycles. The lowest BCUT2D eigenvalue weighted by Crippen LogP contribution is -2.53. The summed E-state index contributed by atoms with van der Waals surface area (Å²) in [5, 5.41) is 0. The summed E-state index contributed by atoms with van der Waals surface area (Å²) in [6.45, 7) is 3.30. The maximum atomic E-state index is 5.40. The van der Waals surface area contributed by atoms with Gasteiger partial charge >= 0.3 is 0 Å². The monoisotopic (exact) mass is 150 g/mol. The highest BCUT2D eigenvalue weighted by molar-refractivity contribution is 8.01. The first-order valence-corrected chi connectivity index (χ1v) is 3.38. The lowest BCUT2D eigenvalue weighted by atomic mass is 10.6. The second-order valence-electron chi connectivity index (χ2n) is 2.47. The minimum absolute atomic E-state index is 0.849. The van der Waals surface area contributed by atoms with Gasteiger partial charge in [-0.2, -0.15) is 0 Å².